The summed E-state index contributed by atoms with van der Waals surface area (Å²) in [6.45, 7) is 3.06. The van der Waals surface area contributed by atoms with Crippen LogP contribution in [-0.4, -0.2) is 16.8 Å². The van der Waals surface area contributed by atoms with Crippen molar-refractivity contribution in [1.82, 2.24) is 0 Å². The molecule has 0 unspecified atom stereocenters. The van der Waals surface area contributed by atoms with Crippen molar-refractivity contribution >= 4 is 17.3 Å². The Morgan fingerprint density at radius 1 is 1.14 bits per heavy atom. The highest BCUT2D eigenvalue weighted by Crippen LogP contribution is 2.30. The highest BCUT2D eigenvalue weighted by atomic mass is 35.5. The van der Waals surface area contributed by atoms with Crippen molar-refractivity contribution in [3.05, 3.63) is 47.0 Å². The fraction of sp³-hybridized carbons (Fsp3) is 0.250. The smallest absolute Gasteiger partial charge is 0.142 e. The number of phenols is 2. The minimum Gasteiger partial charge on any atom is -0.508 e. The molecule has 0 amide bonds. The Labute approximate surface area is 129 Å². The van der Waals surface area contributed by atoms with Crippen molar-refractivity contribution < 1.29 is 14.9 Å². The number of aromatic hydroxyl groups is 2. The summed E-state index contributed by atoms with van der Waals surface area (Å²) in [5.41, 5.74) is 1.44. The minimum absolute atomic E-state index is 0.0333. The lowest BCUT2D eigenvalue weighted by atomic mass is 10.2. The lowest BCUT2D eigenvalue weighted by molar-refractivity contribution is 0.319. The molecule has 0 saturated carbocycles. The summed E-state index contributed by atoms with van der Waals surface area (Å²) in [5, 5.41) is 22.9. The Morgan fingerprint density at radius 3 is 2.67 bits per heavy atom. The second kappa shape index (κ2) is 7.09. The molecule has 0 aliphatic rings. The van der Waals surface area contributed by atoms with Gasteiger partial charge in [-0.25, -0.2) is 0 Å². The molecule has 0 fully saturated rings. The van der Waals surface area contributed by atoms with Gasteiger partial charge in [-0.05, 0) is 36.8 Å². The van der Waals surface area contributed by atoms with Crippen LogP contribution in [0.15, 0.2) is 36.4 Å². The Hall–Kier alpha value is -2.07. The Bertz CT molecular complexity index is 616. The average Bonchev–Trinajstić information content (AvgIpc) is 2.45. The maximum atomic E-state index is 9.78. The molecule has 0 atom stereocenters. The predicted octanol–water partition coefficient (Wildman–Crippen LogP) is 4.15. The van der Waals surface area contributed by atoms with Crippen LogP contribution in [0.2, 0.25) is 5.02 Å². The van der Waals surface area contributed by atoms with E-state index < -0.39 is 0 Å². The van der Waals surface area contributed by atoms with Gasteiger partial charge in [-0.15, -0.1) is 0 Å². The van der Waals surface area contributed by atoms with Gasteiger partial charge in [0.1, 0.15) is 17.2 Å². The van der Waals surface area contributed by atoms with Gasteiger partial charge in [0, 0.05) is 23.2 Å². The number of hydrogen-bond acceptors (Lipinski definition) is 4. The second-order valence-electron chi connectivity index (χ2n) is 4.66. The van der Waals surface area contributed by atoms with E-state index in [1.807, 2.05) is 13.0 Å². The van der Waals surface area contributed by atoms with E-state index >= 15 is 0 Å². The number of halogens is 1. The van der Waals surface area contributed by atoms with Crippen molar-refractivity contribution in [1.29, 1.82) is 0 Å². The maximum absolute atomic E-state index is 9.78. The molecule has 2 rings (SSSR count). The fourth-order valence-electron chi connectivity index (χ4n) is 1.87. The molecule has 0 saturated heterocycles. The summed E-state index contributed by atoms with van der Waals surface area (Å²) in [7, 11) is 0. The number of phenolic OH excluding ortho intramolecular Hbond substituents is 2. The maximum Gasteiger partial charge on any atom is 0.142 e. The average molecular weight is 308 g/mol. The third-order valence-corrected chi connectivity index (χ3v) is 3.18. The molecule has 0 bridgehead atoms. The monoisotopic (exact) mass is 307 g/mol. The van der Waals surface area contributed by atoms with E-state index in [0.29, 0.717) is 23.7 Å². The van der Waals surface area contributed by atoms with E-state index in [2.05, 4.69) is 5.32 Å². The summed E-state index contributed by atoms with van der Waals surface area (Å²) in [4.78, 5) is 0. The van der Waals surface area contributed by atoms with Crippen LogP contribution >= 0.6 is 11.6 Å². The summed E-state index contributed by atoms with van der Waals surface area (Å²) < 4.78 is 5.66. The van der Waals surface area contributed by atoms with E-state index in [0.717, 1.165) is 17.9 Å². The minimum atomic E-state index is 0.0333. The van der Waals surface area contributed by atoms with Crippen molar-refractivity contribution in [3.8, 4) is 17.2 Å². The molecule has 2 aromatic carbocycles. The van der Waals surface area contributed by atoms with Gasteiger partial charge in [0.05, 0.1) is 12.3 Å². The largest absolute Gasteiger partial charge is 0.508 e. The van der Waals surface area contributed by atoms with Crippen LogP contribution in [0, 0.1) is 0 Å². The third-order valence-electron chi connectivity index (χ3n) is 2.94. The number of ether oxygens (including phenoxy) is 1. The molecule has 21 heavy (non-hydrogen) atoms. The number of hydrogen-bond donors (Lipinski definition) is 3. The molecular formula is C16H18ClNO3. The van der Waals surface area contributed by atoms with Gasteiger partial charge >= 0.3 is 0 Å². The van der Waals surface area contributed by atoms with Crippen molar-refractivity contribution in [2.45, 2.75) is 19.9 Å². The summed E-state index contributed by atoms with van der Waals surface area (Å²) in [6, 6.07) is 9.87. The number of anilines is 1. The normalized spacial score (nSPS) is 10.4. The number of rotatable bonds is 6. The molecule has 0 heterocycles. The van der Waals surface area contributed by atoms with Crippen LogP contribution < -0.4 is 10.1 Å². The van der Waals surface area contributed by atoms with E-state index in [4.69, 9.17) is 16.3 Å². The molecule has 112 valence electrons. The van der Waals surface area contributed by atoms with Crippen LogP contribution in [0.1, 0.15) is 18.9 Å². The van der Waals surface area contributed by atoms with E-state index in [1.54, 1.807) is 18.2 Å². The van der Waals surface area contributed by atoms with Crippen LogP contribution in [0.25, 0.3) is 0 Å². The molecule has 0 radical (unpaired) electrons. The molecule has 2 aromatic rings. The first-order chi connectivity index (χ1) is 10.1. The Balaban J connectivity index is 2.12. The zero-order valence-electron chi connectivity index (χ0n) is 11.8. The standard InChI is InChI=1S/C16H18ClNO3/c1-2-7-21-16-6-4-12(17)8-14(16)18-10-11-3-5-13(19)9-15(11)20/h3-6,8-9,18-20H,2,7,10H2,1H3. The number of nitrogens with one attached hydrogen (secondary N) is 1. The third kappa shape index (κ3) is 4.20. The van der Waals surface area contributed by atoms with Gasteiger partial charge in [-0.3, -0.25) is 0 Å². The van der Waals surface area contributed by atoms with Gasteiger partial charge in [0.15, 0.2) is 0 Å². The first-order valence-electron chi connectivity index (χ1n) is 6.77. The van der Waals surface area contributed by atoms with E-state index in [-0.39, 0.29) is 11.5 Å². The van der Waals surface area contributed by atoms with Crippen LogP contribution in [0.4, 0.5) is 5.69 Å². The molecule has 0 aliphatic carbocycles. The van der Waals surface area contributed by atoms with Crippen molar-refractivity contribution in [2.75, 3.05) is 11.9 Å². The first-order valence-corrected chi connectivity index (χ1v) is 7.15. The molecular weight excluding hydrogens is 290 g/mol. The molecule has 0 spiro atoms. The summed E-state index contributed by atoms with van der Waals surface area (Å²) in [5.74, 6) is 0.797. The first kappa shape index (κ1) is 15.3. The van der Waals surface area contributed by atoms with Gasteiger partial charge in [0.25, 0.3) is 0 Å². The molecule has 0 aromatic heterocycles. The number of benzene rings is 2. The predicted molar refractivity (Wildman–Crippen MR) is 84.3 cm³/mol. The van der Waals surface area contributed by atoms with Crippen LogP contribution in [-0.2, 0) is 6.54 Å². The van der Waals surface area contributed by atoms with Gasteiger partial charge in [0.2, 0.25) is 0 Å². The SMILES string of the molecule is CCCOc1ccc(Cl)cc1NCc1ccc(O)cc1O. The second-order valence-corrected chi connectivity index (χ2v) is 5.09. The van der Waals surface area contributed by atoms with Crippen LogP contribution in [0.5, 0.6) is 17.2 Å². The quantitative estimate of drug-likeness (QED) is 0.750. The lowest BCUT2D eigenvalue weighted by Crippen LogP contribution is -2.03. The Kier molecular flexibility index (Phi) is 5.17. The van der Waals surface area contributed by atoms with Crippen molar-refractivity contribution in [3.63, 3.8) is 0 Å². The topological polar surface area (TPSA) is 61.7 Å². The van der Waals surface area contributed by atoms with Gasteiger partial charge in [-0.1, -0.05) is 18.5 Å². The zero-order valence-corrected chi connectivity index (χ0v) is 12.5. The Morgan fingerprint density at radius 2 is 1.95 bits per heavy atom. The highest BCUT2D eigenvalue weighted by Gasteiger charge is 2.07. The summed E-state index contributed by atoms with van der Waals surface area (Å²) >= 11 is 6.01. The zero-order chi connectivity index (χ0) is 15.2. The van der Waals surface area contributed by atoms with Gasteiger partial charge in [-0.2, -0.15) is 0 Å². The molecule has 4 nitrogen and oxygen atoms in total. The van der Waals surface area contributed by atoms with E-state index in [1.165, 1.54) is 12.1 Å². The van der Waals surface area contributed by atoms with Crippen LogP contribution in [0.3, 0.4) is 0 Å². The summed E-state index contributed by atoms with van der Waals surface area (Å²) in [6.07, 6.45) is 0.917. The van der Waals surface area contributed by atoms with E-state index in [9.17, 15) is 10.2 Å². The molecule has 5 heteroatoms. The molecule has 0 aliphatic heterocycles. The highest BCUT2D eigenvalue weighted by molar-refractivity contribution is 6.30. The fourth-order valence-corrected chi connectivity index (χ4v) is 2.04. The van der Waals surface area contributed by atoms with Gasteiger partial charge < -0.3 is 20.3 Å². The molecule has 3 N–H and O–H groups in total. The lowest BCUT2D eigenvalue weighted by Gasteiger charge is -2.14. The van der Waals surface area contributed by atoms with Crippen molar-refractivity contribution in [2.24, 2.45) is 0 Å².